The quantitative estimate of drug-likeness (QED) is 0.265. The summed E-state index contributed by atoms with van der Waals surface area (Å²) in [5.74, 6) is -1.49. The Morgan fingerprint density at radius 1 is 1.19 bits per heavy atom. The molecule has 0 saturated heterocycles. The van der Waals surface area contributed by atoms with Crippen LogP contribution in [0.2, 0.25) is 0 Å². The van der Waals surface area contributed by atoms with Gasteiger partial charge >= 0.3 is 6.09 Å². The number of carbonyl (C=O) groups is 4. The lowest BCUT2D eigenvalue weighted by molar-refractivity contribution is -0.142. The van der Waals surface area contributed by atoms with E-state index >= 15 is 0 Å². The lowest BCUT2D eigenvalue weighted by atomic mass is 10.00. The maximum absolute atomic E-state index is 13.8. The second-order valence-corrected chi connectivity index (χ2v) is 9.80. The number of unbranched alkanes of at least 4 members (excludes halogenated alkanes) is 2. The van der Waals surface area contributed by atoms with Crippen molar-refractivity contribution in [2.24, 2.45) is 5.73 Å². The molecule has 4 N–H and O–H groups in total. The zero-order valence-electron chi connectivity index (χ0n) is 22.3. The molecule has 1 aromatic rings. The third-order valence-electron chi connectivity index (χ3n) is 5.27. The normalized spacial score (nSPS) is 12.7. The van der Waals surface area contributed by atoms with Gasteiger partial charge in [-0.3, -0.25) is 14.4 Å². The van der Waals surface area contributed by atoms with Crippen LogP contribution in [0.4, 0.5) is 4.79 Å². The Morgan fingerprint density at radius 2 is 1.89 bits per heavy atom. The van der Waals surface area contributed by atoms with Gasteiger partial charge in [0.15, 0.2) is 0 Å². The molecule has 0 heterocycles. The minimum atomic E-state index is -1.13. The van der Waals surface area contributed by atoms with Crippen LogP contribution >= 0.6 is 0 Å². The zero-order valence-corrected chi connectivity index (χ0v) is 22.3. The first kappa shape index (κ1) is 30.7. The van der Waals surface area contributed by atoms with E-state index in [-0.39, 0.29) is 25.3 Å². The van der Waals surface area contributed by atoms with Crippen molar-refractivity contribution < 1.29 is 23.9 Å². The molecule has 0 radical (unpaired) electrons. The van der Waals surface area contributed by atoms with Crippen LogP contribution in [-0.2, 0) is 19.1 Å². The van der Waals surface area contributed by atoms with Crippen LogP contribution in [-0.4, -0.2) is 53.4 Å². The summed E-state index contributed by atoms with van der Waals surface area (Å²) in [6.45, 7) is 13.4. The van der Waals surface area contributed by atoms with Crippen LogP contribution < -0.4 is 16.4 Å². The standard InChI is InChI=1S/C27H42N4O5/c1-7-9-10-16-29-24(33)23(20-13-11-12-19(3)18-20)31(17-8-2)25(34)21(14-15-22(28)32)30-26(35)36-27(4,5)6/h8,11-13,18,21,23H,2,7,9-10,14-17H2,1,3-6H3,(H2,28,32)(H,29,33)(H,30,35). The number of hydrogen-bond acceptors (Lipinski definition) is 5. The molecule has 0 fully saturated rings. The number of hydrogen-bond donors (Lipinski definition) is 3. The fourth-order valence-electron chi connectivity index (χ4n) is 3.65. The molecule has 0 aliphatic rings. The lowest BCUT2D eigenvalue weighted by Crippen LogP contribution is -2.53. The summed E-state index contributed by atoms with van der Waals surface area (Å²) >= 11 is 0. The average Bonchev–Trinajstić information content (AvgIpc) is 2.77. The van der Waals surface area contributed by atoms with Gasteiger partial charge in [-0.1, -0.05) is 55.7 Å². The second kappa shape index (κ2) is 14.9. The van der Waals surface area contributed by atoms with E-state index in [1.165, 1.54) is 11.0 Å². The summed E-state index contributed by atoms with van der Waals surface area (Å²) in [6.07, 6.45) is 3.34. The number of ether oxygens (including phenoxy) is 1. The van der Waals surface area contributed by atoms with Crippen molar-refractivity contribution in [1.29, 1.82) is 0 Å². The Bertz CT molecular complexity index is 910. The Labute approximate surface area is 214 Å². The maximum atomic E-state index is 13.8. The van der Waals surface area contributed by atoms with Crippen molar-refractivity contribution in [2.45, 2.75) is 84.4 Å². The van der Waals surface area contributed by atoms with E-state index in [1.807, 2.05) is 25.1 Å². The molecule has 1 aromatic carbocycles. The number of primary amides is 1. The zero-order chi connectivity index (χ0) is 27.3. The number of benzene rings is 1. The van der Waals surface area contributed by atoms with Crippen LogP contribution in [0.25, 0.3) is 0 Å². The lowest BCUT2D eigenvalue weighted by Gasteiger charge is -2.34. The number of rotatable bonds is 14. The van der Waals surface area contributed by atoms with Crippen LogP contribution in [0, 0.1) is 6.92 Å². The minimum absolute atomic E-state index is 0.0420. The molecule has 1 rings (SSSR count). The molecule has 0 saturated carbocycles. The summed E-state index contributed by atoms with van der Waals surface area (Å²) in [6, 6.07) is 5.26. The number of amides is 4. The molecule has 2 atom stereocenters. The molecular weight excluding hydrogens is 460 g/mol. The van der Waals surface area contributed by atoms with Gasteiger partial charge in [-0.2, -0.15) is 0 Å². The number of aryl methyl sites for hydroxylation is 1. The van der Waals surface area contributed by atoms with Gasteiger partial charge in [0.1, 0.15) is 17.7 Å². The molecule has 200 valence electrons. The van der Waals surface area contributed by atoms with Gasteiger partial charge in [-0.25, -0.2) is 4.79 Å². The first-order valence-corrected chi connectivity index (χ1v) is 12.4. The average molecular weight is 503 g/mol. The minimum Gasteiger partial charge on any atom is -0.444 e. The Hall–Kier alpha value is -3.36. The van der Waals surface area contributed by atoms with Gasteiger partial charge in [0.2, 0.25) is 17.7 Å². The smallest absolute Gasteiger partial charge is 0.408 e. The summed E-state index contributed by atoms with van der Waals surface area (Å²) in [5, 5.41) is 5.49. The monoisotopic (exact) mass is 502 g/mol. The molecule has 0 aliphatic heterocycles. The maximum Gasteiger partial charge on any atom is 0.408 e. The highest BCUT2D eigenvalue weighted by Crippen LogP contribution is 2.24. The fourth-order valence-corrected chi connectivity index (χ4v) is 3.65. The largest absolute Gasteiger partial charge is 0.444 e. The molecule has 0 aromatic heterocycles. The highest BCUT2D eigenvalue weighted by atomic mass is 16.6. The predicted molar refractivity (Wildman–Crippen MR) is 140 cm³/mol. The molecule has 0 spiro atoms. The molecule has 9 nitrogen and oxygen atoms in total. The van der Waals surface area contributed by atoms with Gasteiger partial charge in [-0.15, -0.1) is 6.58 Å². The topological polar surface area (TPSA) is 131 Å². The van der Waals surface area contributed by atoms with Gasteiger partial charge in [-0.05, 0) is 46.1 Å². The Balaban J connectivity index is 3.37. The van der Waals surface area contributed by atoms with Crippen molar-refractivity contribution in [3.8, 4) is 0 Å². The summed E-state index contributed by atoms with van der Waals surface area (Å²) < 4.78 is 5.31. The molecule has 4 amide bonds. The van der Waals surface area contributed by atoms with Crippen molar-refractivity contribution in [1.82, 2.24) is 15.5 Å². The summed E-state index contributed by atoms with van der Waals surface area (Å²) in [7, 11) is 0. The van der Waals surface area contributed by atoms with Crippen molar-refractivity contribution in [3.05, 3.63) is 48.0 Å². The van der Waals surface area contributed by atoms with Crippen LogP contribution in [0.3, 0.4) is 0 Å². The number of carbonyl (C=O) groups excluding carboxylic acids is 4. The van der Waals surface area contributed by atoms with Crippen molar-refractivity contribution in [3.63, 3.8) is 0 Å². The third kappa shape index (κ3) is 10.9. The first-order chi connectivity index (χ1) is 16.9. The van der Waals surface area contributed by atoms with E-state index in [1.54, 1.807) is 26.8 Å². The molecule has 9 heteroatoms. The van der Waals surface area contributed by atoms with Crippen LogP contribution in [0.5, 0.6) is 0 Å². The predicted octanol–water partition coefficient (Wildman–Crippen LogP) is 3.52. The van der Waals surface area contributed by atoms with Crippen molar-refractivity contribution in [2.75, 3.05) is 13.1 Å². The summed E-state index contributed by atoms with van der Waals surface area (Å²) in [5.41, 5.74) is 6.09. The van der Waals surface area contributed by atoms with E-state index in [0.717, 1.165) is 24.8 Å². The van der Waals surface area contributed by atoms with Gasteiger partial charge in [0.05, 0.1) is 0 Å². The number of nitrogens with zero attached hydrogens (tertiary/aromatic N) is 1. The first-order valence-electron chi connectivity index (χ1n) is 12.4. The second-order valence-electron chi connectivity index (χ2n) is 9.80. The highest BCUT2D eigenvalue weighted by Gasteiger charge is 2.35. The van der Waals surface area contributed by atoms with E-state index in [0.29, 0.717) is 12.1 Å². The highest BCUT2D eigenvalue weighted by molar-refractivity contribution is 5.92. The van der Waals surface area contributed by atoms with E-state index in [4.69, 9.17) is 10.5 Å². The van der Waals surface area contributed by atoms with E-state index < -0.39 is 35.6 Å². The van der Waals surface area contributed by atoms with Gasteiger partial charge in [0, 0.05) is 19.5 Å². The molecule has 36 heavy (non-hydrogen) atoms. The molecule has 0 bridgehead atoms. The molecular formula is C27H42N4O5. The summed E-state index contributed by atoms with van der Waals surface area (Å²) in [4.78, 5) is 52.6. The number of nitrogens with one attached hydrogen (secondary N) is 2. The SMILES string of the molecule is C=CCN(C(=O)C(CCC(N)=O)NC(=O)OC(C)(C)C)C(C(=O)NCCCCC)c1cccc(C)c1. The third-order valence-corrected chi connectivity index (χ3v) is 5.27. The molecule has 0 aliphatic carbocycles. The van der Waals surface area contributed by atoms with Gasteiger partial charge in [0.25, 0.3) is 0 Å². The van der Waals surface area contributed by atoms with E-state index in [9.17, 15) is 19.2 Å². The van der Waals surface area contributed by atoms with Crippen LogP contribution in [0.15, 0.2) is 36.9 Å². The van der Waals surface area contributed by atoms with Crippen LogP contribution in [0.1, 0.15) is 77.0 Å². The van der Waals surface area contributed by atoms with E-state index in [2.05, 4.69) is 24.1 Å². The van der Waals surface area contributed by atoms with Crippen molar-refractivity contribution >= 4 is 23.8 Å². The Kier molecular flexibility index (Phi) is 12.7. The fraction of sp³-hybridized carbons (Fsp3) is 0.556. The van der Waals surface area contributed by atoms with Gasteiger partial charge < -0.3 is 26.0 Å². The number of nitrogens with two attached hydrogens (primary N) is 1. The number of alkyl carbamates (subject to hydrolysis) is 1. The molecule has 2 unspecified atom stereocenters. The Morgan fingerprint density at radius 3 is 2.44 bits per heavy atom.